The molecule has 0 fully saturated rings. The highest BCUT2D eigenvalue weighted by Crippen LogP contribution is 2.25. The molecular formula is C17H21FN4O. The van der Waals surface area contributed by atoms with Crippen LogP contribution < -0.4 is 10.9 Å². The topological polar surface area (TPSA) is 66.9 Å². The Hall–Kier alpha value is -2.50. The van der Waals surface area contributed by atoms with Crippen molar-refractivity contribution in [3.8, 4) is 0 Å². The van der Waals surface area contributed by atoms with Crippen molar-refractivity contribution in [1.82, 2.24) is 15.6 Å². The van der Waals surface area contributed by atoms with Crippen LogP contribution in [0.5, 0.6) is 0 Å². The summed E-state index contributed by atoms with van der Waals surface area (Å²) >= 11 is 0. The van der Waals surface area contributed by atoms with Gasteiger partial charge in [-0.15, -0.1) is 5.10 Å². The Kier molecular flexibility index (Phi) is 4.63. The summed E-state index contributed by atoms with van der Waals surface area (Å²) in [4.78, 5) is 12.1. The van der Waals surface area contributed by atoms with Gasteiger partial charge in [0.1, 0.15) is 5.82 Å². The monoisotopic (exact) mass is 316 g/mol. The average Bonchev–Trinajstić information content (AvgIpc) is 2.47. The normalized spacial score (nSPS) is 11.2. The third-order valence-electron chi connectivity index (χ3n) is 3.46. The smallest absolute Gasteiger partial charge is 0.272 e. The molecule has 0 unspecified atom stereocenters. The van der Waals surface area contributed by atoms with Gasteiger partial charge in [-0.3, -0.25) is 15.6 Å². The van der Waals surface area contributed by atoms with E-state index in [0.29, 0.717) is 5.82 Å². The van der Waals surface area contributed by atoms with Crippen molar-refractivity contribution in [2.45, 2.75) is 40.0 Å². The maximum atomic E-state index is 13.7. The second-order valence-electron chi connectivity index (χ2n) is 6.54. The molecule has 23 heavy (non-hydrogen) atoms. The summed E-state index contributed by atoms with van der Waals surface area (Å²) in [5.74, 6) is -0.729. The Morgan fingerprint density at radius 3 is 2.48 bits per heavy atom. The highest BCUT2D eigenvalue weighted by Gasteiger charge is 2.19. The van der Waals surface area contributed by atoms with E-state index in [1.54, 1.807) is 13.0 Å². The van der Waals surface area contributed by atoms with Gasteiger partial charge in [-0.05, 0) is 43.0 Å². The summed E-state index contributed by atoms with van der Waals surface area (Å²) < 4.78 is 13.7. The number of benzene rings is 1. The maximum absolute atomic E-state index is 13.7. The lowest BCUT2D eigenvalue weighted by Crippen LogP contribution is -2.31. The fourth-order valence-electron chi connectivity index (χ4n) is 2.27. The summed E-state index contributed by atoms with van der Waals surface area (Å²) in [7, 11) is 0. The molecule has 1 aromatic heterocycles. The van der Waals surface area contributed by atoms with Crippen molar-refractivity contribution in [2.75, 3.05) is 5.43 Å². The molecule has 0 aliphatic rings. The fraction of sp³-hybridized carbons (Fsp3) is 0.353. The van der Waals surface area contributed by atoms with Crippen LogP contribution in [0.2, 0.25) is 0 Å². The molecule has 0 aliphatic carbocycles. The van der Waals surface area contributed by atoms with Crippen LogP contribution in [0.3, 0.4) is 0 Å². The Morgan fingerprint density at radius 2 is 1.83 bits per heavy atom. The molecule has 0 bridgehead atoms. The highest BCUT2D eigenvalue weighted by molar-refractivity contribution is 5.95. The molecule has 0 atom stereocenters. The van der Waals surface area contributed by atoms with Gasteiger partial charge in [0.2, 0.25) is 0 Å². The zero-order valence-electron chi connectivity index (χ0n) is 14.0. The number of carbonyl (C=O) groups is 1. The molecule has 6 heteroatoms. The lowest BCUT2D eigenvalue weighted by Gasteiger charge is -2.21. The molecule has 0 spiro atoms. The van der Waals surface area contributed by atoms with Gasteiger partial charge >= 0.3 is 0 Å². The lowest BCUT2D eigenvalue weighted by molar-refractivity contribution is 0.0958. The van der Waals surface area contributed by atoms with E-state index in [2.05, 4.69) is 41.8 Å². The SMILES string of the molecule is Cc1ccc(F)c(C(=O)NNc2cc(C(C)(C)C)c(C)nn2)c1. The van der Waals surface area contributed by atoms with E-state index in [0.717, 1.165) is 16.8 Å². The van der Waals surface area contributed by atoms with Gasteiger partial charge in [0.05, 0.1) is 11.3 Å². The van der Waals surface area contributed by atoms with Crippen molar-refractivity contribution in [3.05, 3.63) is 52.5 Å². The minimum atomic E-state index is -0.569. The second-order valence-corrected chi connectivity index (χ2v) is 6.54. The lowest BCUT2D eigenvalue weighted by atomic mass is 9.86. The molecule has 0 aliphatic heterocycles. The van der Waals surface area contributed by atoms with Gasteiger partial charge in [-0.1, -0.05) is 32.4 Å². The molecule has 5 nitrogen and oxygen atoms in total. The van der Waals surface area contributed by atoms with Gasteiger partial charge in [0, 0.05) is 0 Å². The first-order valence-electron chi connectivity index (χ1n) is 7.36. The van der Waals surface area contributed by atoms with Crippen LogP contribution >= 0.6 is 0 Å². The molecular weight excluding hydrogens is 295 g/mol. The van der Waals surface area contributed by atoms with Gasteiger partial charge in [-0.25, -0.2) is 4.39 Å². The number of nitrogens with zero attached hydrogens (tertiary/aromatic N) is 2. The summed E-state index contributed by atoms with van der Waals surface area (Å²) in [6.07, 6.45) is 0. The third-order valence-corrected chi connectivity index (χ3v) is 3.46. The number of hydrogen-bond donors (Lipinski definition) is 2. The minimum absolute atomic E-state index is 0.0198. The van der Waals surface area contributed by atoms with Gasteiger partial charge in [0.15, 0.2) is 5.82 Å². The van der Waals surface area contributed by atoms with Crippen molar-refractivity contribution in [1.29, 1.82) is 0 Å². The average molecular weight is 316 g/mol. The molecule has 0 saturated carbocycles. The minimum Gasteiger partial charge on any atom is -0.280 e. The maximum Gasteiger partial charge on any atom is 0.272 e. The van der Waals surface area contributed by atoms with E-state index in [4.69, 9.17) is 0 Å². The predicted octanol–water partition coefficient (Wildman–Crippen LogP) is 3.29. The number of amides is 1. The molecule has 2 rings (SSSR count). The number of carbonyl (C=O) groups excluding carboxylic acids is 1. The number of halogens is 1. The molecule has 1 aromatic carbocycles. The first kappa shape index (κ1) is 16.9. The van der Waals surface area contributed by atoms with E-state index in [-0.39, 0.29) is 11.0 Å². The Morgan fingerprint density at radius 1 is 1.13 bits per heavy atom. The van der Waals surface area contributed by atoms with Gasteiger partial charge in [-0.2, -0.15) is 5.10 Å². The molecule has 0 saturated heterocycles. The van der Waals surface area contributed by atoms with Crippen molar-refractivity contribution in [3.63, 3.8) is 0 Å². The Balaban J connectivity index is 2.15. The van der Waals surface area contributed by atoms with E-state index in [1.807, 2.05) is 13.0 Å². The number of hydrazine groups is 1. The van der Waals surface area contributed by atoms with Gasteiger partial charge in [0.25, 0.3) is 5.91 Å². The molecule has 1 amide bonds. The number of anilines is 1. The molecule has 122 valence electrons. The molecule has 2 aromatic rings. The molecule has 1 heterocycles. The zero-order chi connectivity index (χ0) is 17.2. The first-order valence-corrected chi connectivity index (χ1v) is 7.36. The summed E-state index contributed by atoms with van der Waals surface area (Å²) in [5, 5.41) is 8.08. The van der Waals surface area contributed by atoms with Crippen LogP contribution in [0.1, 0.15) is 48.0 Å². The second kappa shape index (κ2) is 6.32. The van der Waals surface area contributed by atoms with Crippen LogP contribution in [-0.4, -0.2) is 16.1 Å². The fourth-order valence-corrected chi connectivity index (χ4v) is 2.27. The zero-order valence-corrected chi connectivity index (χ0v) is 14.0. The van der Waals surface area contributed by atoms with Gasteiger partial charge < -0.3 is 0 Å². The van der Waals surface area contributed by atoms with E-state index >= 15 is 0 Å². The van der Waals surface area contributed by atoms with Crippen LogP contribution in [0.25, 0.3) is 0 Å². The van der Waals surface area contributed by atoms with Crippen molar-refractivity contribution < 1.29 is 9.18 Å². The van der Waals surface area contributed by atoms with Crippen molar-refractivity contribution >= 4 is 11.7 Å². The molecule has 0 radical (unpaired) electrons. The number of aromatic nitrogens is 2. The van der Waals surface area contributed by atoms with E-state index in [1.165, 1.54) is 12.1 Å². The number of rotatable bonds is 3. The van der Waals surface area contributed by atoms with Crippen LogP contribution in [0, 0.1) is 19.7 Å². The first-order chi connectivity index (χ1) is 10.7. The van der Waals surface area contributed by atoms with E-state index < -0.39 is 11.7 Å². The van der Waals surface area contributed by atoms with Crippen LogP contribution in [0.4, 0.5) is 10.2 Å². The summed E-state index contributed by atoms with van der Waals surface area (Å²) in [5.41, 5.74) is 7.68. The predicted molar refractivity (Wildman–Crippen MR) is 87.7 cm³/mol. The van der Waals surface area contributed by atoms with Crippen molar-refractivity contribution in [2.24, 2.45) is 0 Å². The number of nitrogens with one attached hydrogen (secondary N) is 2. The van der Waals surface area contributed by atoms with Crippen LogP contribution in [0.15, 0.2) is 24.3 Å². The van der Waals surface area contributed by atoms with Crippen LogP contribution in [-0.2, 0) is 5.41 Å². The highest BCUT2D eigenvalue weighted by atomic mass is 19.1. The number of hydrogen-bond acceptors (Lipinski definition) is 4. The van der Waals surface area contributed by atoms with E-state index in [9.17, 15) is 9.18 Å². The Labute approximate surface area is 135 Å². The largest absolute Gasteiger partial charge is 0.280 e. The molecule has 2 N–H and O–H groups in total. The summed E-state index contributed by atoms with van der Waals surface area (Å²) in [6.45, 7) is 9.90. The number of aryl methyl sites for hydroxylation is 2. The quantitative estimate of drug-likeness (QED) is 0.853. The Bertz CT molecular complexity index is 738. The third kappa shape index (κ3) is 4.03. The summed E-state index contributed by atoms with van der Waals surface area (Å²) in [6, 6.07) is 6.21. The standard InChI is InChI=1S/C17H21FN4O/c1-10-6-7-14(18)12(8-10)16(23)22-21-15-9-13(17(3,4)5)11(2)19-20-15/h6-9H,1-5H3,(H,20,21)(H,22,23).